The first-order valence-electron chi connectivity index (χ1n) is 10.2. The van der Waals surface area contributed by atoms with E-state index < -0.39 is 0 Å². The highest BCUT2D eigenvalue weighted by Gasteiger charge is 2.20. The molecule has 0 spiro atoms. The third-order valence-corrected chi connectivity index (χ3v) is 4.54. The molecule has 2 aromatic carbocycles. The zero-order valence-electron chi connectivity index (χ0n) is 17.6. The van der Waals surface area contributed by atoms with Crippen molar-refractivity contribution in [2.45, 2.75) is 32.3 Å². The van der Waals surface area contributed by atoms with Crippen molar-refractivity contribution in [1.82, 2.24) is 5.32 Å². The smallest absolute Gasteiger partial charge is 0.255 e. The Morgan fingerprint density at radius 2 is 1.79 bits per heavy atom. The number of amides is 1. The van der Waals surface area contributed by atoms with Crippen LogP contribution in [0.5, 0.6) is 5.75 Å². The number of carbonyl (C=O) groups is 1. The lowest BCUT2D eigenvalue weighted by Gasteiger charge is -2.18. The second-order valence-electron chi connectivity index (χ2n) is 7.12. The molecule has 3 N–H and O–H groups in total. The fourth-order valence-corrected chi connectivity index (χ4v) is 2.97. The second-order valence-corrected chi connectivity index (χ2v) is 7.12. The van der Waals surface area contributed by atoms with Crippen LogP contribution in [0.1, 0.15) is 36.5 Å². The fraction of sp³-hybridized carbons (Fsp3) is 0.435. The molecule has 1 saturated heterocycles. The molecule has 0 aliphatic carbocycles. The number of hydrogen-bond acceptors (Lipinski definition) is 5. The number of ether oxygens (including phenoxy) is 1. The van der Waals surface area contributed by atoms with E-state index >= 15 is 0 Å². The van der Waals surface area contributed by atoms with Crippen LogP contribution < -0.4 is 20.3 Å². The van der Waals surface area contributed by atoms with Crippen molar-refractivity contribution < 1.29 is 14.6 Å². The zero-order chi connectivity index (χ0) is 21.1. The molecule has 0 radical (unpaired) electrons. The first kappa shape index (κ1) is 22.7. The summed E-state index contributed by atoms with van der Waals surface area (Å²) in [5.41, 5.74) is 2.41. The van der Waals surface area contributed by atoms with Gasteiger partial charge in [0.15, 0.2) is 0 Å². The molecule has 1 heterocycles. The average molecular weight is 400 g/mol. The minimum Gasteiger partial charge on any atom is -0.494 e. The van der Waals surface area contributed by atoms with Gasteiger partial charge in [-0.3, -0.25) is 4.79 Å². The van der Waals surface area contributed by atoms with E-state index in [-0.39, 0.29) is 12.0 Å². The molecule has 1 atom stereocenters. The maximum atomic E-state index is 12.4. The van der Waals surface area contributed by atoms with Crippen LogP contribution in [0, 0.1) is 0 Å². The van der Waals surface area contributed by atoms with Gasteiger partial charge in [-0.25, -0.2) is 0 Å². The van der Waals surface area contributed by atoms with Gasteiger partial charge in [-0.2, -0.15) is 0 Å². The largest absolute Gasteiger partial charge is 0.494 e. The Morgan fingerprint density at radius 3 is 2.34 bits per heavy atom. The van der Waals surface area contributed by atoms with Gasteiger partial charge in [0.25, 0.3) is 5.91 Å². The molecule has 0 bridgehead atoms. The maximum absolute atomic E-state index is 12.4. The molecule has 1 aliphatic heterocycles. The molecule has 6 heteroatoms. The fourth-order valence-electron chi connectivity index (χ4n) is 2.97. The summed E-state index contributed by atoms with van der Waals surface area (Å²) < 4.78 is 5.61. The second kappa shape index (κ2) is 12.1. The van der Waals surface area contributed by atoms with Crippen molar-refractivity contribution in [3.63, 3.8) is 0 Å². The number of β-amino-alcohol motifs (C(OH)–C–C–N with tert-alkyl or cyclic N) is 1. The zero-order valence-corrected chi connectivity index (χ0v) is 17.6. The third-order valence-electron chi connectivity index (χ3n) is 4.54. The molecule has 1 fully saturated rings. The van der Waals surface area contributed by atoms with E-state index in [2.05, 4.69) is 22.5 Å². The van der Waals surface area contributed by atoms with E-state index in [0.29, 0.717) is 18.7 Å². The van der Waals surface area contributed by atoms with Crippen LogP contribution in [0.25, 0.3) is 0 Å². The lowest BCUT2D eigenvalue weighted by molar-refractivity contribution is 0.102. The van der Waals surface area contributed by atoms with Crippen LogP contribution in [-0.4, -0.2) is 50.9 Å². The number of unbranched alkanes of at least 4 members (excludes halogenated alkanes) is 1. The predicted molar refractivity (Wildman–Crippen MR) is 119 cm³/mol. The van der Waals surface area contributed by atoms with Crippen molar-refractivity contribution in [1.29, 1.82) is 0 Å². The van der Waals surface area contributed by atoms with Gasteiger partial charge in [-0.05, 0) is 75.5 Å². The molecule has 29 heavy (non-hydrogen) atoms. The van der Waals surface area contributed by atoms with Crippen LogP contribution >= 0.6 is 0 Å². The third kappa shape index (κ3) is 7.40. The first-order chi connectivity index (χ1) is 14.1. The summed E-state index contributed by atoms with van der Waals surface area (Å²) in [6, 6.07) is 14.9. The van der Waals surface area contributed by atoms with Crippen LogP contribution in [0.2, 0.25) is 0 Å². The SMILES string of the molecule is CCCCOc1ccc(C(=O)Nc2ccc(N3CCC(O)C3)cc2)cc1.CNC. The number of rotatable bonds is 7. The Bertz CT molecular complexity index is 732. The quantitative estimate of drug-likeness (QED) is 0.621. The molecule has 3 rings (SSSR count). The minimum absolute atomic E-state index is 0.144. The van der Waals surface area contributed by atoms with Gasteiger partial charge in [-0.1, -0.05) is 13.3 Å². The number of nitrogens with zero attached hydrogens (tertiary/aromatic N) is 1. The summed E-state index contributed by atoms with van der Waals surface area (Å²) in [5, 5.41) is 15.3. The highest BCUT2D eigenvalue weighted by molar-refractivity contribution is 6.04. The highest BCUT2D eigenvalue weighted by Crippen LogP contribution is 2.23. The summed E-state index contributed by atoms with van der Waals surface area (Å²) in [5.74, 6) is 0.640. The van der Waals surface area contributed by atoms with Crippen LogP contribution in [0.15, 0.2) is 48.5 Å². The number of carbonyl (C=O) groups excluding carboxylic acids is 1. The summed E-state index contributed by atoms with van der Waals surface area (Å²) in [6.07, 6.45) is 2.67. The molecule has 0 saturated carbocycles. The molecule has 1 amide bonds. The van der Waals surface area contributed by atoms with Gasteiger partial charge in [0.1, 0.15) is 5.75 Å². The normalized spacial score (nSPS) is 15.4. The summed E-state index contributed by atoms with van der Waals surface area (Å²) in [6.45, 7) is 4.35. The van der Waals surface area contributed by atoms with Crippen molar-refractivity contribution in [3.8, 4) is 5.75 Å². The molecular weight excluding hydrogens is 366 g/mol. The Hall–Kier alpha value is -2.57. The highest BCUT2D eigenvalue weighted by atomic mass is 16.5. The van der Waals surface area contributed by atoms with Gasteiger partial charge in [-0.15, -0.1) is 0 Å². The standard InChI is InChI=1S/C21H26N2O3.C2H7N/c1-2-3-14-26-20-10-4-16(5-11-20)21(25)22-17-6-8-18(9-7-17)23-13-12-19(24)15-23;1-3-2/h4-11,19,24H,2-3,12-15H2,1H3,(H,22,25);3H,1-2H3. The lowest BCUT2D eigenvalue weighted by Crippen LogP contribution is -2.21. The summed E-state index contributed by atoms with van der Waals surface area (Å²) in [7, 11) is 3.75. The van der Waals surface area contributed by atoms with E-state index in [9.17, 15) is 9.90 Å². The van der Waals surface area contributed by atoms with E-state index in [1.165, 1.54) is 0 Å². The number of hydrogen-bond donors (Lipinski definition) is 3. The Balaban J connectivity index is 0.000000941. The van der Waals surface area contributed by atoms with Crippen LogP contribution in [0.4, 0.5) is 11.4 Å². The number of aliphatic hydroxyl groups excluding tert-OH is 1. The van der Waals surface area contributed by atoms with E-state index in [0.717, 1.165) is 42.9 Å². The molecular formula is C23H33N3O3. The topological polar surface area (TPSA) is 73.8 Å². The summed E-state index contributed by atoms with van der Waals surface area (Å²) >= 11 is 0. The Morgan fingerprint density at radius 1 is 1.14 bits per heavy atom. The van der Waals surface area contributed by atoms with Gasteiger partial charge in [0.05, 0.1) is 12.7 Å². The van der Waals surface area contributed by atoms with E-state index in [1.54, 1.807) is 12.1 Å². The molecule has 1 unspecified atom stereocenters. The van der Waals surface area contributed by atoms with E-state index in [4.69, 9.17) is 4.74 Å². The monoisotopic (exact) mass is 399 g/mol. The van der Waals surface area contributed by atoms with Crippen molar-refractivity contribution >= 4 is 17.3 Å². The molecule has 2 aromatic rings. The molecule has 158 valence electrons. The maximum Gasteiger partial charge on any atom is 0.255 e. The molecule has 6 nitrogen and oxygen atoms in total. The Kier molecular flexibility index (Phi) is 9.47. The summed E-state index contributed by atoms with van der Waals surface area (Å²) in [4.78, 5) is 14.5. The number of benzene rings is 2. The van der Waals surface area contributed by atoms with E-state index in [1.807, 2.05) is 50.5 Å². The van der Waals surface area contributed by atoms with Gasteiger partial charge < -0.3 is 25.4 Å². The first-order valence-corrected chi connectivity index (χ1v) is 10.2. The minimum atomic E-state index is -0.247. The van der Waals surface area contributed by atoms with Crippen molar-refractivity contribution in [3.05, 3.63) is 54.1 Å². The van der Waals surface area contributed by atoms with Crippen LogP contribution in [-0.2, 0) is 0 Å². The van der Waals surface area contributed by atoms with Crippen molar-refractivity contribution in [2.75, 3.05) is 44.0 Å². The van der Waals surface area contributed by atoms with Gasteiger partial charge in [0, 0.05) is 30.0 Å². The number of aliphatic hydroxyl groups is 1. The lowest BCUT2D eigenvalue weighted by atomic mass is 10.2. The Labute approximate surface area is 173 Å². The van der Waals surface area contributed by atoms with Crippen molar-refractivity contribution in [2.24, 2.45) is 0 Å². The van der Waals surface area contributed by atoms with Gasteiger partial charge in [0.2, 0.25) is 0 Å². The molecule has 0 aromatic heterocycles. The van der Waals surface area contributed by atoms with Crippen LogP contribution in [0.3, 0.4) is 0 Å². The average Bonchev–Trinajstić information content (AvgIpc) is 3.16. The van der Waals surface area contributed by atoms with Gasteiger partial charge >= 0.3 is 0 Å². The molecule has 1 aliphatic rings. The number of anilines is 2. The number of nitrogens with one attached hydrogen (secondary N) is 2. The predicted octanol–water partition coefficient (Wildman–Crippen LogP) is 3.52.